The molecule has 0 spiro atoms. The summed E-state index contributed by atoms with van der Waals surface area (Å²) in [5.74, 6) is -0.247. The van der Waals surface area contributed by atoms with E-state index in [9.17, 15) is 13.2 Å². The fourth-order valence-corrected chi connectivity index (χ4v) is 5.57. The van der Waals surface area contributed by atoms with Gasteiger partial charge in [0, 0.05) is 46.0 Å². The average Bonchev–Trinajstić information content (AvgIpc) is 3.52. The first-order valence-electron chi connectivity index (χ1n) is 11.7. The number of carbonyl (C=O) groups is 1. The third kappa shape index (κ3) is 5.39. The number of amides is 1. The summed E-state index contributed by atoms with van der Waals surface area (Å²) in [6.07, 6.45) is 4.63. The summed E-state index contributed by atoms with van der Waals surface area (Å²) in [4.78, 5) is 18.1. The largest absolute Gasteiger partial charge is 0.371 e. The normalized spacial score (nSPS) is 17.1. The highest BCUT2D eigenvalue weighted by atomic mass is 32.2. The van der Waals surface area contributed by atoms with Crippen molar-refractivity contribution >= 4 is 21.6 Å². The van der Waals surface area contributed by atoms with Gasteiger partial charge in [-0.1, -0.05) is 24.3 Å². The zero-order valence-electron chi connectivity index (χ0n) is 19.6. The Hall–Kier alpha value is -2.42. The minimum Gasteiger partial charge on any atom is -0.371 e. The fourth-order valence-electron chi connectivity index (χ4n) is 4.64. The third-order valence-corrected chi connectivity index (χ3v) is 8.40. The highest BCUT2D eigenvalue weighted by Gasteiger charge is 2.24. The first-order chi connectivity index (χ1) is 15.9. The predicted octanol–water partition coefficient (Wildman–Crippen LogP) is 3.06. The number of nitrogens with one attached hydrogen (secondary N) is 1. The van der Waals surface area contributed by atoms with Crippen LogP contribution >= 0.6 is 0 Å². The van der Waals surface area contributed by atoms with Gasteiger partial charge in [0.15, 0.2) is 0 Å². The van der Waals surface area contributed by atoms with Crippen molar-refractivity contribution in [2.24, 2.45) is 0 Å². The smallest absolute Gasteiger partial charge is 0.253 e. The van der Waals surface area contributed by atoms with Crippen LogP contribution in [0.5, 0.6) is 0 Å². The van der Waals surface area contributed by atoms with E-state index in [1.807, 2.05) is 12.1 Å². The van der Waals surface area contributed by atoms with Crippen LogP contribution in [-0.4, -0.2) is 63.8 Å². The molecule has 2 aromatic carbocycles. The van der Waals surface area contributed by atoms with E-state index in [2.05, 4.69) is 27.2 Å². The molecule has 1 amide bonds. The summed E-state index contributed by atoms with van der Waals surface area (Å²) >= 11 is 0. The number of hydrogen-bond donors (Lipinski definition) is 1. The van der Waals surface area contributed by atoms with Gasteiger partial charge in [0.2, 0.25) is 10.0 Å². The molecule has 8 heteroatoms. The number of anilines is 1. The number of rotatable bonds is 8. The molecule has 0 atom stereocenters. The minimum atomic E-state index is -3.63. The third-order valence-electron chi connectivity index (χ3n) is 6.59. The molecule has 2 aromatic rings. The van der Waals surface area contributed by atoms with E-state index in [4.69, 9.17) is 0 Å². The van der Waals surface area contributed by atoms with Crippen molar-refractivity contribution < 1.29 is 13.2 Å². The Bertz CT molecular complexity index is 1090. The monoisotopic (exact) mass is 470 g/mol. The van der Waals surface area contributed by atoms with Crippen LogP contribution in [0.2, 0.25) is 0 Å². The van der Waals surface area contributed by atoms with Gasteiger partial charge < -0.3 is 10.2 Å². The lowest BCUT2D eigenvalue weighted by Crippen LogP contribution is -2.29. The van der Waals surface area contributed by atoms with Crippen molar-refractivity contribution in [3.8, 4) is 0 Å². The van der Waals surface area contributed by atoms with E-state index in [0.29, 0.717) is 12.1 Å². The van der Waals surface area contributed by atoms with E-state index in [1.54, 1.807) is 12.1 Å². The number of likely N-dealkylation sites (tertiary alicyclic amines) is 1. The first-order valence-corrected chi connectivity index (χ1v) is 13.2. The molecule has 1 N–H and O–H groups in total. The Labute approximate surface area is 197 Å². The van der Waals surface area contributed by atoms with E-state index >= 15 is 0 Å². The summed E-state index contributed by atoms with van der Waals surface area (Å²) in [6, 6.07) is 13.1. The Kier molecular flexibility index (Phi) is 7.36. The highest BCUT2D eigenvalue weighted by Crippen LogP contribution is 2.28. The molecule has 0 aliphatic carbocycles. The van der Waals surface area contributed by atoms with Crippen LogP contribution < -0.4 is 10.2 Å². The van der Waals surface area contributed by atoms with Gasteiger partial charge in [0.1, 0.15) is 0 Å². The van der Waals surface area contributed by atoms with Crippen molar-refractivity contribution in [1.82, 2.24) is 14.5 Å². The van der Waals surface area contributed by atoms with E-state index in [-0.39, 0.29) is 10.8 Å². The SMILES string of the molecule is CN(C)S(=O)(=O)c1ccc(N2CCCC2)c(C(=O)NCc2ccccc2CN2CCCC2)c1. The number of sulfonamides is 1. The van der Waals surface area contributed by atoms with Crippen LogP contribution in [-0.2, 0) is 23.1 Å². The van der Waals surface area contributed by atoms with Crippen molar-refractivity contribution in [3.63, 3.8) is 0 Å². The van der Waals surface area contributed by atoms with Crippen LogP contribution in [0.15, 0.2) is 47.4 Å². The van der Waals surface area contributed by atoms with Crippen molar-refractivity contribution in [2.45, 2.75) is 43.7 Å². The molecule has 2 saturated heterocycles. The Balaban J connectivity index is 1.57. The molecule has 33 heavy (non-hydrogen) atoms. The van der Waals surface area contributed by atoms with Crippen molar-refractivity contribution in [1.29, 1.82) is 0 Å². The lowest BCUT2D eigenvalue weighted by Gasteiger charge is -2.23. The number of carbonyl (C=O) groups excluding carboxylic acids is 1. The predicted molar refractivity (Wildman–Crippen MR) is 131 cm³/mol. The molecule has 7 nitrogen and oxygen atoms in total. The molecule has 0 bridgehead atoms. The lowest BCUT2D eigenvalue weighted by molar-refractivity contribution is 0.0951. The van der Waals surface area contributed by atoms with Gasteiger partial charge in [0.05, 0.1) is 10.5 Å². The highest BCUT2D eigenvalue weighted by molar-refractivity contribution is 7.89. The van der Waals surface area contributed by atoms with Gasteiger partial charge in [-0.2, -0.15) is 0 Å². The van der Waals surface area contributed by atoms with Gasteiger partial charge in [-0.25, -0.2) is 12.7 Å². The standard InChI is InChI=1S/C25H34N4O3S/c1-27(2)33(31,32)22-11-12-24(29-15-7-8-16-29)23(17-22)25(30)26-18-20-9-3-4-10-21(20)19-28-13-5-6-14-28/h3-4,9-12,17H,5-8,13-16,18-19H2,1-2H3,(H,26,30). The maximum atomic E-state index is 13.3. The van der Waals surface area contributed by atoms with Gasteiger partial charge in [-0.3, -0.25) is 9.69 Å². The Morgan fingerprint density at radius 3 is 2.24 bits per heavy atom. The van der Waals surface area contributed by atoms with Crippen LogP contribution in [0.3, 0.4) is 0 Å². The van der Waals surface area contributed by atoms with E-state index in [1.165, 1.54) is 42.9 Å². The van der Waals surface area contributed by atoms with Crippen molar-refractivity contribution in [3.05, 3.63) is 59.2 Å². The van der Waals surface area contributed by atoms with Crippen LogP contribution in [0.25, 0.3) is 0 Å². The molecule has 2 aliphatic rings. The molecule has 2 fully saturated rings. The van der Waals surface area contributed by atoms with Crippen LogP contribution in [0.1, 0.15) is 47.2 Å². The molecule has 0 aromatic heterocycles. The molecule has 178 valence electrons. The summed E-state index contributed by atoms with van der Waals surface area (Å²) in [7, 11) is -0.630. The molecular weight excluding hydrogens is 436 g/mol. The molecule has 4 rings (SSSR count). The number of hydrogen-bond acceptors (Lipinski definition) is 5. The number of benzene rings is 2. The quantitative estimate of drug-likeness (QED) is 0.642. The molecular formula is C25H34N4O3S. The van der Waals surface area contributed by atoms with Crippen LogP contribution in [0, 0.1) is 0 Å². The van der Waals surface area contributed by atoms with Gasteiger partial charge >= 0.3 is 0 Å². The summed E-state index contributed by atoms with van der Waals surface area (Å²) < 4.78 is 26.6. The second-order valence-corrected chi connectivity index (χ2v) is 11.2. The van der Waals surface area contributed by atoms with Gasteiger partial charge in [-0.15, -0.1) is 0 Å². The summed E-state index contributed by atoms with van der Waals surface area (Å²) in [5, 5.41) is 3.06. The molecule has 0 radical (unpaired) electrons. The lowest BCUT2D eigenvalue weighted by atomic mass is 10.1. The molecule has 0 unspecified atom stereocenters. The zero-order valence-corrected chi connectivity index (χ0v) is 20.4. The van der Waals surface area contributed by atoms with E-state index in [0.717, 1.165) is 56.8 Å². The van der Waals surface area contributed by atoms with E-state index < -0.39 is 10.0 Å². The van der Waals surface area contributed by atoms with Crippen LogP contribution in [0.4, 0.5) is 5.69 Å². The maximum absolute atomic E-state index is 13.3. The molecule has 2 aliphatic heterocycles. The van der Waals surface area contributed by atoms with Gasteiger partial charge in [0.25, 0.3) is 5.91 Å². The number of nitrogens with zero attached hydrogens (tertiary/aromatic N) is 3. The molecule has 0 saturated carbocycles. The fraction of sp³-hybridized carbons (Fsp3) is 0.480. The summed E-state index contributed by atoms with van der Waals surface area (Å²) in [6.45, 7) is 5.28. The van der Waals surface area contributed by atoms with Crippen molar-refractivity contribution in [2.75, 3.05) is 45.2 Å². The van der Waals surface area contributed by atoms with Gasteiger partial charge in [-0.05, 0) is 68.1 Å². The second-order valence-electron chi connectivity index (χ2n) is 9.10. The first kappa shape index (κ1) is 23.7. The second kappa shape index (κ2) is 10.2. The average molecular weight is 471 g/mol. The minimum absolute atomic E-state index is 0.134. The topological polar surface area (TPSA) is 73.0 Å². The summed E-state index contributed by atoms with van der Waals surface area (Å²) in [5.41, 5.74) is 3.53. The Morgan fingerprint density at radius 1 is 0.939 bits per heavy atom. The molecule has 2 heterocycles. The maximum Gasteiger partial charge on any atom is 0.253 e. The Morgan fingerprint density at radius 2 is 1.58 bits per heavy atom. The zero-order chi connectivity index (χ0) is 23.4.